The van der Waals surface area contributed by atoms with Crippen molar-refractivity contribution < 1.29 is 0 Å². The monoisotopic (exact) mass is 1560 g/mol. The van der Waals surface area contributed by atoms with E-state index in [4.69, 9.17) is 19.9 Å². The van der Waals surface area contributed by atoms with E-state index in [2.05, 4.69) is 406 Å². The summed E-state index contributed by atoms with van der Waals surface area (Å²) in [6.07, 6.45) is 8.80. The highest BCUT2D eigenvalue weighted by atomic mass is 28.3. The zero-order valence-electron chi connectivity index (χ0n) is 74.8. The third-order valence-corrected chi connectivity index (χ3v) is 25.0. The van der Waals surface area contributed by atoms with Gasteiger partial charge in [-0.3, -0.25) is 0 Å². The average Bonchev–Trinajstić information content (AvgIpc) is 1.55. The Hall–Kier alpha value is -10.4. The Morgan fingerprint density at radius 1 is 0.250 bits per heavy atom. The van der Waals surface area contributed by atoms with Gasteiger partial charge < -0.3 is 19.9 Å². The summed E-state index contributed by atoms with van der Waals surface area (Å²) in [4.78, 5) is 41.1. The van der Waals surface area contributed by atoms with Crippen molar-refractivity contribution in [2.24, 2.45) is 0 Å². The molecule has 116 heavy (non-hydrogen) atoms. The standard InChI is InChI=1S/C106H120N8Si2/c1-99(2,3)65-47-61(48-66(55-65)100(4,5)6)91-81-35-31-77(107-81)73(43-45-115(25,26)27)79-33-37-85(109-79)93(63-51-69(103(13,14)15)57-70(52-63)104(16,17)18)89-59-75-76-60-90-94(64-53-71(105(19,20)21)58-72(54-64)106(22,23)24)86-38-34-80(110-86)74(44-46-116(28,29)30)78-32-36-82(108-78)92(62-49-67(101(7,8)9)56-68(50-62)102(10,11)12)84-40-42-88(112-84)96(98(76)114-90)95(97(75)113-89)87-41-39-83(91)111-87/h31-42,47-60,109-112H,1-30H3. The Bertz CT molecular complexity index is 6190. The van der Waals surface area contributed by atoms with Crippen LogP contribution in [0.1, 0.15) is 245 Å². The van der Waals surface area contributed by atoms with Gasteiger partial charge in [0.05, 0.1) is 67.0 Å². The highest BCUT2D eigenvalue weighted by Gasteiger charge is 2.31. The van der Waals surface area contributed by atoms with Crippen molar-refractivity contribution in [1.82, 2.24) is 39.9 Å². The first-order valence-corrected chi connectivity index (χ1v) is 48.8. The predicted octanol–water partition coefficient (Wildman–Crippen LogP) is 29.1. The summed E-state index contributed by atoms with van der Waals surface area (Å²) in [6, 6.07) is 51.8. The number of nitrogens with one attached hydrogen (secondary N) is 4. The first-order valence-electron chi connectivity index (χ1n) is 41.8. The van der Waals surface area contributed by atoms with Crippen molar-refractivity contribution in [3.63, 3.8) is 0 Å². The molecule has 10 heterocycles. The molecule has 2 aliphatic heterocycles. The van der Waals surface area contributed by atoms with Crippen molar-refractivity contribution in [3.05, 3.63) is 212 Å². The molecule has 592 valence electrons. The average molecular weight is 1560 g/mol. The number of fused-ring (bicyclic) bond motifs is 18. The maximum Gasteiger partial charge on any atom is 0.129 e. The number of aromatic nitrogens is 8. The van der Waals surface area contributed by atoms with Gasteiger partial charge in [-0.2, -0.15) is 0 Å². The molecule has 8 aromatic heterocycles. The van der Waals surface area contributed by atoms with E-state index in [0.717, 1.165) is 166 Å². The minimum absolute atomic E-state index is 0.178. The molecule has 2 aliphatic rings. The van der Waals surface area contributed by atoms with Gasteiger partial charge in [-0.1, -0.05) is 290 Å². The minimum Gasteiger partial charge on any atom is -0.354 e. The van der Waals surface area contributed by atoms with E-state index in [1.807, 2.05) is 0 Å². The summed E-state index contributed by atoms with van der Waals surface area (Å²) < 4.78 is 0. The molecule has 15 rings (SSSR count). The van der Waals surface area contributed by atoms with Gasteiger partial charge in [0.2, 0.25) is 0 Å². The second-order valence-corrected chi connectivity index (χ2v) is 53.1. The van der Waals surface area contributed by atoms with Crippen molar-refractivity contribution in [2.45, 2.75) is 249 Å². The molecule has 0 saturated heterocycles. The molecule has 0 atom stereocenters. The molecule has 0 saturated carbocycles. The van der Waals surface area contributed by atoms with Gasteiger partial charge in [0.25, 0.3) is 0 Å². The van der Waals surface area contributed by atoms with Gasteiger partial charge in [0, 0.05) is 76.9 Å². The molecule has 0 spiro atoms. The number of benzene rings is 5. The molecule has 13 aromatic rings. The maximum atomic E-state index is 6.31. The van der Waals surface area contributed by atoms with E-state index in [-0.39, 0.29) is 43.3 Å². The lowest BCUT2D eigenvalue weighted by Crippen LogP contribution is -2.16. The van der Waals surface area contributed by atoms with Crippen LogP contribution in [0.2, 0.25) is 39.3 Å². The largest absolute Gasteiger partial charge is 0.354 e. The quantitative estimate of drug-likeness (QED) is 0.104. The first kappa shape index (κ1) is 80.8. The van der Waals surface area contributed by atoms with Crippen LogP contribution in [0.3, 0.4) is 0 Å². The first-order chi connectivity index (χ1) is 53.7. The van der Waals surface area contributed by atoms with Crippen LogP contribution < -0.4 is 0 Å². The number of aromatic amines is 4. The molecular weight excluding hydrogens is 1440 g/mol. The van der Waals surface area contributed by atoms with Crippen molar-refractivity contribution in [2.75, 3.05) is 0 Å². The Morgan fingerprint density at radius 3 is 0.733 bits per heavy atom. The Morgan fingerprint density at radius 2 is 0.474 bits per heavy atom. The third kappa shape index (κ3) is 15.7. The third-order valence-electron chi connectivity index (χ3n) is 23.2. The summed E-state index contributed by atoms with van der Waals surface area (Å²) in [7, 11) is -3.94. The van der Waals surface area contributed by atoms with Crippen molar-refractivity contribution >= 4 is 128 Å². The van der Waals surface area contributed by atoms with E-state index >= 15 is 0 Å². The van der Waals surface area contributed by atoms with Crippen LogP contribution in [0, 0.1) is 22.9 Å². The molecular formula is C106H120N8Si2. The van der Waals surface area contributed by atoms with Crippen LogP contribution in [0.25, 0.3) is 157 Å². The maximum absolute atomic E-state index is 6.31. The number of hydrogen-bond acceptors (Lipinski definition) is 4. The lowest BCUT2D eigenvalue weighted by Gasteiger charge is -2.26. The van der Waals surface area contributed by atoms with Crippen LogP contribution in [-0.4, -0.2) is 56.0 Å². The second-order valence-electron chi connectivity index (χ2n) is 43.6. The SMILES string of the molecule is CC(C)(C)c1cc(-c2c3nc(c(C#C[Si](C)(C)C)c4ccc([nH]4)c(-c4cc(C(C)(C)C)cc(C(C)(C)C)c4)c4cc5c6cc7nc6c(c6ccc([nH]6)c(-c6cc(C(C)(C)C)cc(C(C)(C)C)c6)c6nc(c(C#C[Si](C)(C)C)c8ccc([nH]8)c7-c7cc(C(C)(C)C)cc(C(C)(C)C)c7)C=C6)c(c6ccc2[nH]6)c5n4)C=C3)cc(C(C)(C)C)c1. The molecule has 16 bridgehead atoms. The fraction of sp³-hybridized carbons (Fsp3) is 0.358. The summed E-state index contributed by atoms with van der Waals surface area (Å²) in [5, 5.41) is 3.80. The fourth-order valence-corrected chi connectivity index (χ4v) is 17.0. The number of nitrogens with zero attached hydrogens (tertiary/aromatic N) is 4. The lowest BCUT2D eigenvalue weighted by molar-refractivity contribution is 0.568. The van der Waals surface area contributed by atoms with Gasteiger partial charge in [0.1, 0.15) is 16.1 Å². The summed E-state index contributed by atoms with van der Waals surface area (Å²) >= 11 is 0. The predicted molar refractivity (Wildman–Crippen MR) is 509 cm³/mol. The second kappa shape index (κ2) is 27.6. The topological polar surface area (TPSA) is 115 Å². The molecule has 0 amide bonds. The molecule has 5 aromatic carbocycles. The van der Waals surface area contributed by atoms with Gasteiger partial charge in [-0.05, 0) is 195 Å². The normalized spacial score (nSPS) is 13.6. The van der Waals surface area contributed by atoms with Crippen molar-refractivity contribution in [3.8, 4) is 67.4 Å². The highest BCUT2D eigenvalue weighted by Crippen LogP contribution is 2.48. The molecule has 4 N–H and O–H groups in total. The van der Waals surface area contributed by atoms with Gasteiger partial charge in [-0.25, -0.2) is 19.9 Å². The van der Waals surface area contributed by atoms with Crippen LogP contribution in [0.15, 0.2) is 133 Å². The van der Waals surface area contributed by atoms with Gasteiger partial charge >= 0.3 is 0 Å². The summed E-state index contributed by atoms with van der Waals surface area (Å²) in [6.45, 7) is 69.7. The Balaban J connectivity index is 1.26. The molecule has 0 fully saturated rings. The van der Waals surface area contributed by atoms with E-state index in [0.29, 0.717) is 0 Å². The number of hydrogen-bond donors (Lipinski definition) is 4. The Kier molecular flexibility index (Phi) is 19.3. The van der Waals surface area contributed by atoms with E-state index in [1.54, 1.807) is 0 Å². The molecule has 0 aliphatic carbocycles. The zero-order valence-corrected chi connectivity index (χ0v) is 76.8. The number of H-pyrrole nitrogens is 4. The van der Waals surface area contributed by atoms with Crippen LogP contribution in [0.5, 0.6) is 0 Å². The van der Waals surface area contributed by atoms with E-state index in [1.165, 1.54) is 44.5 Å². The van der Waals surface area contributed by atoms with Crippen LogP contribution >= 0.6 is 0 Å². The minimum atomic E-state index is -1.97. The summed E-state index contributed by atoms with van der Waals surface area (Å²) in [5.41, 5.74) is 39.9. The Labute approximate surface area is 691 Å². The smallest absolute Gasteiger partial charge is 0.129 e. The molecule has 0 unspecified atom stereocenters. The molecule has 10 heteroatoms. The van der Waals surface area contributed by atoms with Crippen LogP contribution in [-0.2, 0) is 43.3 Å². The highest BCUT2D eigenvalue weighted by molar-refractivity contribution is 6.84. The lowest BCUT2D eigenvalue weighted by atomic mass is 9.78. The van der Waals surface area contributed by atoms with E-state index in [9.17, 15) is 0 Å². The van der Waals surface area contributed by atoms with Gasteiger partial charge in [-0.15, -0.1) is 11.1 Å². The molecule has 8 nitrogen and oxygen atoms in total. The zero-order chi connectivity index (χ0) is 83.8. The van der Waals surface area contributed by atoms with Crippen molar-refractivity contribution in [1.29, 1.82) is 0 Å². The van der Waals surface area contributed by atoms with Gasteiger partial charge in [0.15, 0.2) is 0 Å². The van der Waals surface area contributed by atoms with Crippen LogP contribution in [0.4, 0.5) is 0 Å². The molecule has 0 radical (unpaired) electrons. The summed E-state index contributed by atoms with van der Waals surface area (Å²) in [5.74, 6) is 7.64. The fourth-order valence-electron chi connectivity index (χ4n) is 16.0. The number of rotatable bonds is 4. The van der Waals surface area contributed by atoms with E-state index < -0.39 is 16.1 Å².